The monoisotopic (exact) mass is 1250 g/mol. The average Bonchev–Trinajstić information content (AvgIpc) is 1.13. The first-order valence-electron chi connectivity index (χ1n) is 35.4. The Hall–Kier alpha value is -1.47. The van der Waals surface area contributed by atoms with E-state index in [4.69, 9.17) is 28.4 Å². The second-order valence-electron chi connectivity index (χ2n) is 25.7. The van der Waals surface area contributed by atoms with Gasteiger partial charge in [-0.1, -0.05) is 270 Å². The van der Waals surface area contributed by atoms with Crippen molar-refractivity contribution in [1.82, 2.24) is 5.32 Å². The fourth-order valence-corrected chi connectivity index (χ4v) is 12.3. The Morgan fingerprint density at radius 3 is 1.08 bits per heavy atom. The average molecular weight is 1250 g/mol. The summed E-state index contributed by atoms with van der Waals surface area (Å²) in [6.07, 6.45) is 29.0. The normalized spacial score (nSPS) is 28.6. The van der Waals surface area contributed by atoms with E-state index in [0.717, 1.165) is 44.9 Å². The molecule has 514 valence electrons. The number of hydrogen-bond acceptors (Lipinski definition) is 18. The van der Waals surface area contributed by atoms with Crippen molar-refractivity contribution in [2.75, 3.05) is 26.4 Å². The smallest absolute Gasteiger partial charge is 0.220 e. The summed E-state index contributed by atoms with van der Waals surface area (Å²) < 4.78 is 34.4. The number of allylic oxidation sites excluding steroid dienone is 1. The van der Waals surface area contributed by atoms with Gasteiger partial charge in [0.15, 0.2) is 18.9 Å². The van der Waals surface area contributed by atoms with Gasteiger partial charge >= 0.3 is 0 Å². The van der Waals surface area contributed by atoms with Crippen molar-refractivity contribution in [3.8, 4) is 0 Å². The zero-order valence-electron chi connectivity index (χ0n) is 54.3. The molecule has 17 unspecified atom stereocenters. The van der Waals surface area contributed by atoms with Crippen LogP contribution in [0.1, 0.15) is 284 Å². The van der Waals surface area contributed by atoms with E-state index < -0.39 is 124 Å². The quantitative estimate of drug-likeness (QED) is 0.0199. The van der Waals surface area contributed by atoms with Crippen LogP contribution in [0.5, 0.6) is 0 Å². The van der Waals surface area contributed by atoms with Gasteiger partial charge in [0.1, 0.15) is 73.2 Å². The van der Waals surface area contributed by atoms with Gasteiger partial charge in [-0.05, 0) is 19.3 Å². The van der Waals surface area contributed by atoms with Gasteiger partial charge in [0.2, 0.25) is 5.91 Å². The third-order valence-electron chi connectivity index (χ3n) is 18.1. The van der Waals surface area contributed by atoms with Crippen LogP contribution in [-0.2, 0) is 33.2 Å². The maximum absolute atomic E-state index is 13.4. The number of unbranched alkanes of at least 4 members (excludes halogenated alkanes) is 39. The van der Waals surface area contributed by atoms with E-state index >= 15 is 0 Å². The Bertz CT molecular complexity index is 1630. The van der Waals surface area contributed by atoms with E-state index in [9.17, 15) is 61.0 Å². The molecule has 0 radical (unpaired) electrons. The molecule has 3 saturated heterocycles. The topological polar surface area (TPSA) is 307 Å². The largest absolute Gasteiger partial charge is 0.394 e. The lowest BCUT2D eigenvalue weighted by atomic mass is 9.96. The minimum atomic E-state index is -1.98. The Morgan fingerprint density at radius 1 is 0.402 bits per heavy atom. The predicted molar refractivity (Wildman–Crippen MR) is 337 cm³/mol. The van der Waals surface area contributed by atoms with Gasteiger partial charge in [0.05, 0.1) is 38.6 Å². The van der Waals surface area contributed by atoms with Gasteiger partial charge in [0.25, 0.3) is 0 Å². The lowest BCUT2D eigenvalue weighted by Crippen LogP contribution is -2.66. The predicted octanol–water partition coefficient (Wildman–Crippen LogP) is 9.28. The molecule has 3 rings (SSSR count). The molecule has 0 aromatic carbocycles. The minimum Gasteiger partial charge on any atom is -0.394 e. The molecule has 19 heteroatoms. The summed E-state index contributed by atoms with van der Waals surface area (Å²) in [7, 11) is 0. The molecule has 19 nitrogen and oxygen atoms in total. The van der Waals surface area contributed by atoms with Gasteiger partial charge in [0, 0.05) is 6.42 Å². The molecule has 0 spiro atoms. The molecule has 0 bridgehead atoms. The lowest BCUT2D eigenvalue weighted by molar-refractivity contribution is -0.379. The maximum atomic E-state index is 13.4. The molecule has 12 N–H and O–H groups in total. The molecule has 0 aromatic rings. The van der Waals surface area contributed by atoms with Crippen LogP contribution in [0, 0.1) is 0 Å². The molecule has 17 atom stereocenters. The highest BCUT2D eigenvalue weighted by Crippen LogP contribution is 2.33. The van der Waals surface area contributed by atoms with Crippen LogP contribution in [0.2, 0.25) is 0 Å². The number of aliphatic hydroxyl groups excluding tert-OH is 11. The first-order valence-corrected chi connectivity index (χ1v) is 35.4. The third-order valence-corrected chi connectivity index (χ3v) is 18.1. The molecule has 0 aliphatic carbocycles. The second kappa shape index (κ2) is 51.0. The zero-order chi connectivity index (χ0) is 63.3. The van der Waals surface area contributed by atoms with Crippen molar-refractivity contribution in [2.45, 2.75) is 388 Å². The molecule has 0 aromatic heterocycles. The summed E-state index contributed by atoms with van der Waals surface area (Å²) in [6.45, 7) is 1.77. The van der Waals surface area contributed by atoms with Crippen molar-refractivity contribution in [3.05, 3.63) is 12.2 Å². The standard InChI is InChI=1S/C68H129NO18/c1-3-5-7-9-11-13-15-17-19-21-22-23-24-25-26-27-28-30-31-33-35-37-39-41-43-45-52(73)51(69-56(74)46-44-42-40-38-36-34-32-29-20-18-16-14-12-10-8-6-4-2)50-82-66-62(80)59(77)64(54(48-71)84-66)87-68-63(81)60(78)65(55(49-72)85-68)86-67-61(79)58(76)57(75)53(47-70)83-67/h43,45,51-55,57-68,70-73,75-81H,3-42,44,46-50H2,1-2H3,(H,69,74)/b45-43+. The number of carbonyl (C=O) groups is 1. The van der Waals surface area contributed by atoms with E-state index in [1.54, 1.807) is 6.08 Å². The van der Waals surface area contributed by atoms with Crippen LogP contribution in [0.25, 0.3) is 0 Å². The van der Waals surface area contributed by atoms with Crippen LogP contribution in [-0.4, -0.2) is 193 Å². The summed E-state index contributed by atoms with van der Waals surface area (Å²) in [5.41, 5.74) is 0. The number of rotatable bonds is 55. The van der Waals surface area contributed by atoms with Gasteiger partial charge in [-0.25, -0.2) is 0 Å². The van der Waals surface area contributed by atoms with Crippen molar-refractivity contribution < 1.29 is 89.4 Å². The molecule has 1 amide bonds. The summed E-state index contributed by atoms with van der Waals surface area (Å²) >= 11 is 0. The molecule has 87 heavy (non-hydrogen) atoms. The van der Waals surface area contributed by atoms with Gasteiger partial charge < -0.3 is 89.9 Å². The zero-order valence-corrected chi connectivity index (χ0v) is 54.3. The molecule has 0 saturated carbocycles. The number of aliphatic hydroxyl groups is 11. The van der Waals surface area contributed by atoms with Crippen molar-refractivity contribution >= 4 is 5.91 Å². The SMILES string of the molecule is CCCCCCCCCCCCCCCCCCCCCCCCC/C=C/C(O)C(COC1OC(CO)C(OC2OC(CO)C(OC3OC(CO)C(O)C(O)C3O)C(O)C2O)C(O)C1O)NC(=O)CCCCCCCCCCCCCCCCCCC. The molecule has 3 heterocycles. The van der Waals surface area contributed by atoms with Crippen LogP contribution < -0.4 is 5.32 Å². The summed E-state index contributed by atoms with van der Waals surface area (Å²) in [5.74, 6) is -0.270. The van der Waals surface area contributed by atoms with Gasteiger partial charge in [-0.3, -0.25) is 4.79 Å². The van der Waals surface area contributed by atoms with Crippen LogP contribution >= 0.6 is 0 Å². The van der Waals surface area contributed by atoms with E-state index in [1.165, 1.54) is 212 Å². The summed E-state index contributed by atoms with van der Waals surface area (Å²) in [6, 6.07) is -0.968. The fraction of sp³-hybridized carbons (Fsp3) is 0.956. The highest BCUT2D eigenvalue weighted by molar-refractivity contribution is 5.76. The van der Waals surface area contributed by atoms with Crippen molar-refractivity contribution in [2.24, 2.45) is 0 Å². The number of amides is 1. The van der Waals surface area contributed by atoms with Crippen molar-refractivity contribution in [3.63, 3.8) is 0 Å². The summed E-state index contributed by atoms with van der Waals surface area (Å²) in [4.78, 5) is 13.4. The minimum absolute atomic E-state index is 0.249. The van der Waals surface area contributed by atoms with E-state index in [-0.39, 0.29) is 18.9 Å². The number of ether oxygens (including phenoxy) is 6. The van der Waals surface area contributed by atoms with Gasteiger partial charge in [-0.15, -0.1) is 0 Å². The van der Waals surface area contributed by atoms with E-state index in [0.29, 0.717) is 6.42 Å². The first kappa shape index (κ1) is 79.8. The summed E-state index contributed by atoms with van der Waals surface area (Å²) in [5, 5.41) is 121. The first-order chi connectivity index (χ1) is 42.3. The van der Waals surface area contributed by atoms with Crippen LogP contribution in [0.15, 0.2) is 12.2 Å². The molecular formula is C68H129NO18. The Morgan fingerprint density at radius 2 is 0.713 bits per heavy atom. The number of carbonyl (C=O) groups excluding carboxylic acids is 1. The highest BCUT2D eigenvalue weighted by Gasteiger charge is 2.53. The Labute approximate surface area is 525 Å². The van der Waals surface area contributed by atoms with E-state index in [2.05, 4.69) is 19.2 Å². The van der Waals surface area contributed by atoms with Gasteiger partial charge in [-0.2, -0.15) is 0 Å². The Balaban J connectivity index is 1.43. The molecular weight excluding hydrogens is 1120 g/mol. The van der Waals surface area contributed by atoms with Crippen LogP contribution in [0.4, 0.5) is 0 Å². The van der Waals surface area contributed by atoms with Crippen LogP contribution in [0.3, 0.4) is 0 Å². The lowest BCUT2D eigenvalue weighted by Gasteiger charge is -2.48. The fourth-order valence-electron chi connectivity index (χ4n) is 12.3. The van der Waals surface area contributed by atoms with Crippen molar-refractivity contribution in [1.29, 1.82) is 0 Å². The maximum Gasteiger partial charge on any atom is 0.220 e. The second-order valence-corrected chi connectivity index (χ2v) is 25.7. The third kappa shape index (κ3) is 33.3. The van der Waals surface area contributed by atoms with E-state index in [1.807, 2.05) is 6.08 Å². The molecule has 3 fully saturated rings. The molecule has 3 aliphatic heterocycles. The Kier molecular flexibility index (Phi) is 46.8. The number of nitrogens with one attached hydrogen (secondary N) is 1. The molecule has 3 aliphatic rings. The number of hydrogen-bond donors (Lipinski definition) is 12. The highest BCUT2D eigenvalue weighted by atomic mass is 16.8.